The van der Waals surface area contributed by atoms with Gasteiger partial charge in [0.2, 0.25) is 0 Å². The summed E-state index contributed by atoms with van der Waals surface area (Å²) in [7, 11) is 0. The molecule has 0 saturated carbocycles. The summed E-state index contributed by atoms with van der Waals surface area (Å²) in [6, 6.07) is 20.9. The number of benzene rings is 3. The molecule has 0 bridgehead atoms. The van der Waals surface area contributed by atoms with Crippen molar-refractivity contribution in [3.63, 3.8) is 0 Å². The fraction of sp³-hybridized carbons (Fsp3) is 0.0500. The van der Waals surface area contributed by atoms with Gasteiger partial charge in [-0.05, 0) is 24.3 Å². The molecule has 3 aromatic rings. The zero-order chi connectivity index (χ0) is 18.8. The molecule has 7 nitrogen and oxygen atoms in total. The summed E-state index contributed by atoms with van der Waals surface area (Å²) in [5, 5.41) is 17.0. The van der Waals surface area contributed by atoms with Crippen molar-refractivity contribution < 1.29 is 14.5 Å². The van der Waals surface area contributed by atoms with E-state index in [2.05, 4.69) is 10.6 Å². The van der Waals surface area contributed by atoms with Crippen LogP contribution in [-0.4, -0.2) is 10.8 Å². The first-order valence-electron chi connectivity index (χ1n) is 8.29. The Bertz CT molecular complexity index is 1020. The second-order valence-electron chi connectivity index (χ2n) is 5.99. The van der Waals surface area contributed by atoms with Crippen molar-refractivity contribution in [3.05, 3.63) is 94.0 Å². The number of carbonyl (C=O) groups excluding carboxylic acids is 1. The van der Waals surface area contributed by atoms with Gasteiger partial charge in [-0.3, -0.25) is 14.9 Å². The largest absolute Gasteiger partial charge is 0.457 e. The summed E-state index contributed by atoms with van der Waals surface area (Å²) in [6.07, 6.45) is -0.522. The smallest absolute Gasteiger partial charge is 0.270 e. The van der Waals surface area contributed by atoms with Crippen molar-refractivity contribution in [1.29, 1.82) is 0 Å². The molecule has 1 heterocycles. The Hall–Kier alpha value is -3.87. The molecule has 1 amide bonds. The number of nitro benzene ring substituents is 1. The average molecular weight is 361 g/mol. The fourth-order valence-corrected chi connectivity index (χ4v) is 2.94. The Morgan fingerprint density at radius 3 is 2.44 bits per heavy atom. The maximum absolute atomic E-state index is 12.5. The molecule has 0 aromatic heterocycles. The Morgan fingerprint density at radius 2 is 1.67 bits per heavy atom. The second-order valence-corrected chi connectivity index (χ2v) is 5.99. The molecule has 0 fully saturated rings. The lowest BCUT2D eigenvalue weighted by atomic mass is 10.0. The molecule has 4 rings (SSSR count). The van der Waals surface area contributed by atoms with Gasteiger partial charge in [-0.1, -0.05) is 36.4 Å². The number of para-hydroxylation sites is 2. The van der Waals surface area contributed by atoms with Gasteiger partial charge < -0.3 is 15.4 Å². The van der Waals surface area contributed by atoms with E-state index in [0.717, 1.165) is 5.56 Å². The number of nitrogens with one attached hydrogen (secondary N) is 2. The first-order valence-corrected chi connectivity index (χ1v) is 8.29. The van der Waals surface area contributed by atoms with E-state index < -0.39 is 11.1 Å². The Morgan fingerprint density at radius 1 is 0.926 bits per heavy atom. The molecule has 1 aliphatic heterocycles. The number of hydrogen-bond acceptors (Lipinski definition) is 5. The zero-order valence-corrected chi connectivity index (χ0v) is 14.1. The number of rotatable bonds is 4. The monoisotopic (exact) mass is 361 g/mol. The molecular weight excluding hydrogens is 346 g/mol. The summed E-state index contributed by atoms with van der Waals surface area (Å²) in [5.41, 5.74) is 1.39. The first-order chi connectivity index (χ1) is 13.1. The summed E-state index contributed by atoms with van der Waals surface area (Å²) >= 11 is 0. The lowest BCUT2D eigenvalue weighted by molar-refractivity contribution is -0.384. The second kappa shape index (κ2) is 6.80. The predicted octanol–water partition coefficient (Wildman–Crippen LogP) is 4.24. The Labute approximate surface area is 154 Å². The van der Waals surface area contributed by atoms with Crippen LogP contribution >= 0.6 is 0 Å². The minimum Gasteiger partial charge on any atom is -0.457 e. The van der Waals surface area contributed by atoms with E-state index in [1.807, 2.05) is 54.6 Å². The number of anilines is 1. The molecule has 1 aliphatic rings. The van der Waals surface area contributed by atoms with Crippen LogP contribution in [0.3, 0.4) is 0 Å². The topological polar surface area (TPSA) is 93.5 Å². The number of nitro groups is 1. The van der Waals surface area contributed by atoms with Crippen molar-refractivity contribution in [2.45, 2.75) is 6.17 Å². The minimum absolute atomic E-state index is 0.128. The molecule has 1 atom stereocenters. The average Bonchev–Trinajstić information content (AvgIpc) is 2.69. The number of amides is 1. The van der Waals surface area contributed by atoms with Gasteiger partial charge in [0.1, 0.15) is 17.7 Å². The van der Waals surface area contributed by atoms with E-state index in [-0.39, 0.29) is 17.2 Å². The number of non-ortho nitro benzene ring substituents is 1. The first kappa shape index (κ1) is 16.6. The SMILES string of the molecule is O=C1NC(c2ccccc2Oc2ccccc2)Nc2ccc([N+](=O)[O-])cc21. The molecule has 0 spiro atoms. The highest BCUT2D eigenvalue weighted by atomic mass is 16.6. The Balaban J connectivity index is 1.66. The van der Waals surface area contributed by atoms with Crippen LogP contribution in [0, 0.1) is 10.1 Å². The quantitative estimate of drug-likeness (QED) is 0.535. The molecule has 27 heavy (non-hydrogen) atoms. The standard InChI is InChI=1S/C20H15N3O4/c24-20-16-12-13(23(25)26)10-11-17(16)21-19(22-20)15-8-4-5-9-18(15)27-14-6-2-1-3-7-14/h1-12,19,21H,(H,22,24). The van der Waals surface area contributed by atoms with Crippen LogP contribution in [0.25, 0.3) is 0 Å². The van der Waals surface area contributed by atoms with Crippen molar-refractivity contribution >= 4 is 17.3 Å². The van der Waals surface area contributed by atoms with Gasteiger partial charge in [-0.2, -0.15) is 0 Å². The molecule has 1 unspecified atom stereocenters. The van der Waals surface area contributed by atoms with Crippen molar-refractivity contribution in [2.24, 2.45) is 0 Å². The third-order valence-electron chi connectivity index (χ3n) is 4.23. The van der Waals surface area contributed by atoms with Gasteiger partial charge in [0.25, 0.3) is 11.6 Å². The van der Waals surface area contributed by atoms with E-state index in [9.17, 15) is 14.9 Å². The third-order valence-corrected chi connectivity index (χ3v) is 4.23. The maximum atomic E-state index is 12.5. The van der Waals surface area contributed by atoms with E-state index in [1.165, 1.54) is 12.1 Å². The van der Waals surface area contributed by atoms with E-state index in [0.29, 0.717) is 17.2 Å². The van der Waals surface area contributed by atoms with Crippen LogP contribution in [0.2, 0.25) is 0 Å². The highest BCUT2D eigenvalue weighted by molar-refractivity contribution is 6.02. The molecule has 0 saturated heterocycles. The Kier molecular flexibility index (Phi) is 4.18. The number of carbonyl (C=O) groups is 1. The van der Waals surface area contributed by atoms with Crippen LogP contribution in [0.4, 0.5) is 11.4 Å². The molecule has 0 aliphatic carbocycles. The van der Waals surface area contributed by atoms with Crippen LogP contribution in [0.1, 0.15) is 22.1 Å². The third kappa shape index (κ3) is 3.30. The predicted molar refractivity (Wildman–Crippen MR) is 99.9 cm³/mol. The maximum Gasteiger partial charge on any atom is 0.270 e. The van der Waals surface area contributed by atoms with Gasteiger partial charge in [0.05, 0.1) is 10.5 Å². The lowest BCUT2D eigenvalue weighted by Crippen LogP contribution is -2.38. The molecule has 134 valence electrons. The molecular formula is C20H15N3O4. The van der Waals surface area contributed by atoms with Crippen LogP contribution < -0.4 is 15.4 Å². The minimum atomic E-state index is -0.525. The van der Waals surface area contributed by atoms with E-state index in [1.54, 1.807) is 6.07 Å². The van der Waals surface area contributed by atoms with E-state index >= 15 is 0 Å². The summed E-state index contributed by atoms with van der Waals surface area (Å²) < 4.78 is 5.96. The summed E-state index contributed by atoms with van der Waals surface area (Å²) in [6.45, 7) is 0. The van der Waals surface area contributed by atoms with E-state index in [4.69, 9.17) is 4.74 Å². The summed E-state index contributed by atoms with van der Waals surface area (Å²) in [4.78, 5) is 22.9. The van der Waals surface area contributed by atoms with Crippen LogP contribution in [0.5, 0.6) is 11.5 Å². The van der Waals surface area contributed by atoms with Gasteiger partial charge in [0, 0.05) is 23.4 Å². The highest BCUT2D eigenvalue weighted by Gasteiger charge is 2.28. The molecule has 2 N–H and O–H groups in total. The van der Waals surface area contributed by atoms with Gasteiger partial charge >= 0.3 is 0 Å². The van der Waals surface area contributed by atoms with Crippen molar-refractivity contribution in [3.8, 4) is 11.5 Å². The lowest BCUT2D eigenvalue weighted by Gasteiger charge is -2.29. The van der Waals surface area contributed by atoms with Crippen molar-refractivity contribution in [1.82, 2.24) is 5.32 Å². The molecule has 3 aromatic carbocycles. The molecule has 7 heteroatoms. The molecule has 0 radical (unpaired) electrons. The summed E-state index contributed by atoms with van der Waals surface area (Å²) in [5.74, 6) is 0.905. The van der Waals surface area contributed by atoms with Crippen LogP contribution in [0.15, 0.2) is 72.8 Å². The van der Waals surface area contributed by atoms with Gasteiger partial charge in [-0.25, -0.2) is 0 Å². The van der Waals surface area contributed by atoms with Crippen LogP contribution in [-0.2, 0) is 0 Å². The van der Waals surface area contributed by atoms with Crippen molar-refractivity contribution in [2.75, 3.05) is 5.32 Å². The number of hydrogen-bond donors (Lipinski definition) is 2. The number of ether oxygens (including phenoxy) is 1. The van der Waals surface area contributed by atoms with Gasteiger partial charge in [0.15, 0.2) is 0 Å². The highest BCUT2D eigenvalue weighted by Crippen LogP contribution is 2.34. The fourth-order valence-electron chi connectivity index (χ4n) is 2.94. The zero-order valence-electron chi connectivity index (χ0n) is 14.1. The number of fused-ring (bicyclic) bond motifs is 1. The van der Waals surface area contributed by atoms with Gasteiger partial charge in [-0.15, -0.1) is 0 Å². The number of nitrogens with zero attached hydrogens (tertiary/aromatic N) is 1. The normalized spacial score (nSPS) is 15.3.